The molecule has 0 amide bonds. The summed E-state index contributed by atoms with van der Waals surface area (Å²) in [5, 5.41) is 12.7. The highest BCUT2D eigenvalue weighted by molar-refractivity contribution is 5.10. The molecule has 2 rings (SSSR count). The average molecular weight is 196 g/mol. The van der Waals surface area contributed by atoms with Crippen LogP contribution < -0.4 is 0 Å². The van der Waals surface area contributed by atoms with Gasteiger partial charge >= 0.3 is 0 Å². The number of aliphatic hydroxyl groups excluding tert-OH is 1. The van der Waals surface area contributed by atoms with Crippen LogP contribution in [0.1, 0.15) is 30.2 Å². The number of hydrogen-bond donors (Lipinski definition) is 1. The minimum absolute atomic E-state index is 0.0316. The molecule has 4 heteroatoms. The van der Waals surface area contributed by atoms with Gasteiger partial charge in [0, 0.05) is 12.0 Å². The van der Waals surface area contributed by atoms with E-state index in [0.29, 0.717) is 11.6 Å². The van der Waals surface area contributed by atoms with Crippen LogP contribution in [0.2, 0.25) is 0 Å². The Morgan fingerprint density at radius 2 is 2.29 bits per heavy atom. The van der Waals surface area contributed by atoms with E-state index in [9.17, 15) is 0 Å². The molecule has 2 heterocycles. The van der Waals surface area contributed by atoms with Crippen molar-refractivity contribution < 1.29 is 9.63 Å². The van der Waals surface area contributed by atoms with Crippen molar-refractivity contribution in [3.05, 3.63) is 17.5 Å². The molecule has 0 radical (unpaired) electrons. The first-order valence-corrected chi connectivity index (χ1v) is 5.04. The molecule has 78 valence electrons. The molecule has 0 saturated carbocycles. The fourth-order valence-corrected chi connectivity index (χ4v) is 1.89. The second-order valence-electron chi connectivity index (χ2n) is 3.96. The summed E-state index contributed by atoms with van der Waals surface area (Å²) in [5.41, 5.74) is 0.638. The van der Waals surface area contributed by atoms with Gasteiger partial charge in [0.25, 0.3) is 0 Å². The van der Waals surface area contributed by atoms with Crippen molar-refractivity contribution in [3.8, 4) is 0 Å². The van der Waals surface area contributed by atoms with Crippen molar-refractivity contribution in [2.45, 2.75) is 25.4 Å². The highest BCUT2D eigenvalue weighted by Crippen LogP contribution is 2.27. The van der Waals surface area contributed by atoms with Gasteiger partial charge in [-0.05, 0) is 33.0 Å². The van der Waals surface area contributed by atoms with E-state index in [2.05, 4.69) is 17.1 Å². The molecule has 0 aromatic carbocycles. The zero-order valence-electron chi connectivity index (χ0n) is 8.44. The Morgan fingerprint density at radius 3 is 2.86 bits per heavy atom. The first-order valence-electron chi connectivity index (χ1n) is 5.04. The molecule has 0 bridgehead atoms. The lowest BCUT2D eigenvalue weighted by atomic mass is 9.94. The zero-order chi connectivity index (χ0) is 9.97. The zero-order valence-corrected chi connectivity index (χ0v) is 8.44. The summed E-state index contributed by atoms with van der Waals surface area (Å²) in [5.74, 6) is 1.42. The summed E-state index contributed by atoms with van der Waals surface area (Å²) in [6.45, 7) is 2.19. The number of aliphatic hydroxyl groups is 1. The lowest BCUT2D eigenvalue weighted by molar-refractivity contribution is 0.228. The normalized spacial score (nSPS) is 20.1. The Hall–Kier alpha value is -0.870. The Balaban J connectivity index is 2.01. The van der Waals surface area contributed by atoms with Gasteiger partial charge in [0.05, 0.1) is 6.61 Å². The largest absolute Gasteiger partial charge is 0.390 e. The summed E-state index contributed by atoms with van der Waals surface area (Å²) in [4.78, 5) is 2.32. The number of rotatable bonds is 2. The van der Waals surface area contributed by atoms with Crippen LogP contribution in [0.4, 0.5) is 0 Å². The lowest BCUT2D eigenvalue weighted by Crippen LogP contribution is -2.29. The number of piperidine rings is 1. The maximum atomic E-state index is 8.86. The van der Waals surface area contributed by atoms with Gasteiger partial charge in [-0.15, -0.1) is 0 Å². The molecule has 4 nitrogen and oxygen atoms in total. The van der Waals surface area contributed by atoms with E-state index in [0.717, 1.165) is 31.7 Å². The average Bonchev–Trinajstić information content (AvgIpc) is 2.67. The molecule has 1 aromatic rings. The molecule has 14 heavy (non-hydrogen) atoms. The molecule has 1 aliphatic heterocycles. The van der Waals surface area contributed by atoms with Crippen molar-refractivity contribution >= 4 is 0 Å². The van der Waals surface area contributed by atoms with Crippen molar-refractivity contribution in [2.75, 3.05) is 20.1 Å². The Kier molecular flexibility index (Phi) is 2.84. The van der Waals surface area contributed by atoms with Crippen LogP contribution >= 0.6 is 0 Å². The third-order valence-electron chi connectivity index (χ3n) is 2.86. The SMILES string of the molecule is CN1CCC(c2cc(CO)no2)CC1. The maximum absolute atomic E-state index is 8.86. The second-order valence-corrected chi connectivity index (χ2v) is 3.96. The summed E-state index contributed by atoms with van der Waals surface area (Å²) >= 11 is 0. The predicted molar refractivity (Wildman–Crippen MR) is 51.9 cm³/mol. The van der Waals surface area contributed by atoms with E-state index < -0.39 is 0 Å². The highest BCUT2D eigenvalue weighted by Gasteiger charge is 2.21. The van der Waals surface area contributed by atoms with Crippen LogP contribution in [-0.2, 0) is 6.61 Å². The van der Waals surface area contributed by atoms with Gasteiger partial charge in [0.1, 0.15) is 11.5 Å². The lowest BCUT2D eigenvalue weighted by Gasteiger charge is -2.27. The van der Waals surface area contributed by atoms with Gasteiger partial charge in [0.15, 0.2) is 0 Å². The summed E-state index contributed by atoms with van der Waals surface area (Å²) in [6.07, 6.45) is 2.24. The molecular weight excluding hydrogens is 180 g/mol. The van der Waals surface area contributed by atoms with E-state index >= 15 is 0 Å². The van der Waals surface area contributed by atoms with Crippen LogP contribution in [0.15, 0.2) is 10.6 Å². The number of nitrogens with zero attached hydrogens (tertiary/aromatic N) is 2. The van der Waals surface area contributed by atoms with Crippen LogP contribution in [0, 0.1) is 0 Å². The predicted octanol–water partition coefficient (Wildman–Crippen LogP) is 0.976. The van der Waals surface area contributed by atoms with E-state index in [1.165, 1.54) is 0 Å². The van der Waals surface area contributed by atoms with Crippen molar-refractivity contribution in [1.82, 2.24) is 10.1 Å². The summed E-state index contributed by atoms with van der Waals surface area (Å²) < 4.78 is 5.20. The second kappa shape index (κ2) is 4.11. The monoisotopic (exact) mass is 196 g/mol. The molecule has 1 N–H and O–H groups in total. The van der Waals surface area contributed by atoms with Gasteiger partial charge in [-0.2, -0.15) is 0 Å². The van der Waals surface area contributed by atoms with Crippen molar-refractivity contribution in [2.24, 2.45) is 0 Å². The number of aromatic nitrogens is 1. The van der Waals surface area contributed by atoms with E-state index in [-0.39, 0.29) is 6.61 Å². The first kappa shape index (κ1) is 9.68. The van der Waals surface area contributed by atoms with Crippen LogP contribution in [-0.4, -0.2) is 35.3 Å². The van der Waals surface area contributed by atoms with Gasteiger partial charge in [-0.25, -0.2) is 0 Å². The molecule has 1 aliphatic rings. The summed E-state index contributed by atoms with van der Waals surface area (Å²) in [7, 11) is 2.13. The molecule has 0 unspecified atom stereocenters. The smallest absolute Gasteiger partial charge is 0.140 e. The maximum Gasteiger partial charge on any atom is 0.140 e. The van der Waals surface area contributed by atoms with E-state index in [4.69, 9.17) is 9.63 Å². The third-order valence-corrected chi connectivity index (χ3v) is 2.86. The van der Waals surface area contributed by atoms with E-state index in [1.807, 2.05) is 6.07 Å². The van der Waals surface area contributed by atoms with Gasteiger partial charge in [-0.3, -0.25) is 0 Å². The first-order chi connectivity index (χ1) is 6.79. The molecular formula is C10H16N2O2. The van der Waals surface area contributed by atoms with Crippen LogP contribution in [0.5, 0.6) is 0 Å². The number of likely N-dealkylation sites (tertiary alicyclic amines) is 1. The number of hydrogen-bond acceptors (Lipinski definition) is 4. The Bertz CT molecular complexity index is 290. The molecule has 0 aliphatic carbocycles. The topological polar surface area (TPSA) is 49.5 Å². The third kappa shape index (κ3) is 1.96. The Labute approximate surface area is 83.5 Å². The minimum Gasteiger partial charge on any atom is -0.390 e. The fraction of sp³-hybridized carbons (Fsp3) is 0.700. The Morgan fingerprint density at radius 1 is 1.57 bits per heavy atom. The van der Waals surface area contributed by atoms with Crippen molar-refractivity contribution in [1.29, 1.82) is 0 Å². The van der Waals surface area contributed by atoms with Gasteiger partial charge < -0.3 is 14.5 Å². The van der Waals surface area contributed by atoms with Crippen LogP contribution in [0.3, 0.4) is 0 Å². The van der Waals surface area contributed by atoms with E-state index in [1.54, 1.807) is 0 Å². The standard InChI is InChI=1S/C10H16N2O2/c1-12-4-2-8(3-5-12)10-6-9(7-13)11-14-10/h6,8,13H,2-5,7H2,1H3. The van der Waals surface area contributed by atoms with Crippen LogP contribution in [0.25, 0.3) is 0 Å². The quantitative estimate of drug-likeness (QED) is 0.766. The molecule has 0 atom stereocenters. The van der Waals surface area contributed by atoms with Gasteiger partial charge in [-0.1, -0.05) is 5.16 Å². The minimum atomic E-state index is -0.0316. The molecule has 1 aromatic heterocycles. The van der Waals surface area contributed by atoms with Gasteiger partial charge in [0.2, 0.25) is 0 Å². The highest BCUT2D eigenvalue weighted by atomic mass is 16.5. The fourth-order valence-electron chi connectivity index (χ4n) is 1.89. The summed E-state index contributed by atoms with van der Waals surface area (Å²) in [6, 6.07) is 1.87. The molecule has 1 fully saturated rings. The molecule has 1 saturated heterocycles. The molecule has 0 spiro atoms. The van der Waals surface area contributed by atoms with Crippen molar-refractivity contribution in [3.63, 3.8) is 0 Å².